The van der Waals surface area contributed by atoms with Gasteiger partial charge in [-0.15, -0.1) is 0 Å². The van der Waals surface area contributed by atoms with Gasteiger partial charge in [-0.3, -0.25) is 4.79 Å². The van der Waals surface area contributed by atoms with E-state index in [1.807, 2.05) is 0 Å². The molecule has 2 rings (SSSR count). The van der Waals surface area contributed by atoms with Crippen LogP contribution in [0, 0.1) is 5.82 Å². The number of carbonyl (C=O) groups is 1. The summed E-state index contributed by atoms with van der Waals surface area (Å²) in [6.07, 6.45) is -0.308. The molecule has 1 aliphatic rings. The van der Waals surface area contributed by atoms with Gasteiger partial charge in [0.15, 0.2) is 15.9 Å². The topological polar surface area (TPSA) is 63.7 Å². The third-order valence-corrected chi connectivity index (χ3v) is 5.33. The number of nitrogens with zero attached hydrogens (tertiary/aromatic N) is 1. The first-order valence-electron chi connectivity index (χ1n) is 6.68. The molecule has 116 valence electrons. The van der Waals surface area contributed by atoms with Crippen molar-refractivity contribution in [2.75, 3.05) is 18.6 Å². The predicted octanol–water partition coefficient (Wildman–Crippen LogP) is 1.24. The van der Waals surface area contributed by atoms with E-state index in [1.54, 1.807) is 14.0 Å². The predicted molar refractivity (Wildman–Crippen MR) is 76.3 cm³/mol. The highest BCUT2D eigenvalue weighted by Gasteiger charge is 2.34. The number of hydrogen-bond acceptors (Lipinski definition) is 4. The van der Waals surface area contributed by atoms with Crippen LogP contribution in [0.3, 0.4) is 0 Å². The molecule has 0 bridgehead atoms. The van der Waals surface area contributed by atoms with Crippen molar-refractivity contribution < 1.29 is 22.3 Å². The second-order valence-corrected chi connectivity index (χ2v) is 7.45. The van der Waals surface area contributed by atoms with Crippen molar-refractivity contribution >= 4 is 15.7 Å². The smallest absolute Gasteiger partial charge is 0.263 e. The van der Waals surface area contributed by atoms with Crippen LogP contribution in [0.25, 0.3) is 0 Å². The molecule has 1 aliphatic heterocycles. The molecule has 0 saturated carbocycles. The first-order chi connectivity index (χ1) is 9.78. The summed E-state index contributed by atoms with van der Waals surface area (Å²) in [6, 6.07) is 5.08. The van der Waals surface area contributed by atoms with Crippen molar-refractivity contribution in [2.24, 2.45) is 0 Å². The summed E-state index contributed by atoms with van der Waals surface area (Å²) in [4.78, 5) is 13.7. The van der Waals surface area contributed by atoms with Gasteiger partial charge >= 0.3 is 0 Å². The Kier molecular flexibility index (Phi) is 4.51. The maximum Gasteiger partial charge on any atom is 0.263 e. The molecule has 7 heteroatoms. The molecule has 5 nitrogen and oxygen atoms in total. The van der Waals surface area contributed by atoms with Crippen molar-refractivity contribution in [2.45, 2.75) is 25.5 Å². The van der Waals surface area contributed by atoms with E-state index in [1.165, 1.54) is 29.2 Å². The summed E-state index contributed by atoms with van der Waals surface area (Å²) in [5, 5.41) is 0. The second kappa shape index (κ2) is 6.01. The average Bonchev–Trinajstić information content (AvgIpc) is 2.80. The molecule has 0 aliphatic carbocycles. The monoisotopic (exact) mass is 315 g/mol. The van der Waals surface area contributed by atoms with Crippen LogP contribution < -0.4 is 4.74 Å². The molecule has 0 radical (unpaired) electrons. The van der Waals surface area contributed by atoms with Crippen molar-refractivity contribution in [1.82, 2.24) is 4.90 Å². The Labute approximate surface area is 123 Å². The Bertz CT molecular complexity index is 614. The van der Waals surface area contributed by atoms with Gasteiger partial charge in [-0.2, -0.15) is 0 Å². The van der Waals surface area contributed by atoms with E-state index < -0.39 is 15.9 Å². The Balaban J connectivity index is 1.97. The summed E-state index contributed by atoms with van der Waals surface area (Å²) in [5.41, 5.74) is 0. The summed E-state index contributed by atoms with van der Waals surface area (Å²) < 4.78 is 41.2. The van der Waals surface area contributed by atoms with Crippen molar-refractivity contribution in [3.8, 4) is 5.75 Å². The highest BCUT2D eigenvalue weighted by Crippen LogP contribution is 2.19. The summed E-state index contributed by atoms with van der Waals surface area (Å²) in [6.45, 7) is 1.59. The summed E-state index contributed by atoms with van der Waals surface area (Å²) in [5.74, 6) is -0.165. The standard InChI is InChI=1S/C14H18FNO4S/c1-10(20-13-5-3-11(15)4-6-13)14(17)16(2)12-7-8-21(18,19)9-12/h3-6,10,12H,7-9H2,1-2H3/t10-,12+/m0/s1. The van der Waals surface area contributed by atoms with Gasteiger partial charge in [-0.25, -0.2) is 12.8 Å². The third-order valence-electron chi connectivity index (χ3n) is 3.58. The number of amides is 1. The average molecular weight is 315 g/mol. The van der Waals surface area contributed by atoms with Crippen LogP contribution in [0.15, 0.2) is 24.3 Å². The number of ether oxygens (including phenoxy) is 1. The number of hydrogen-bond donors (Lipinski definition) is 0. The lowest BCUT2D eigenvalue weighted by molar-refractivity contribution is -0.138. The first kappa shape index (κ1) is 15.8. The molecular weight excluding hydrogens is 297 g/mol. The number of benzene rings is 1. The van der Waals surface area contributed by atoms with E-state index in [2.05, 4.69) is 0 Å². The lowest BCUT2D eigenvalue weighted by atomic mass is 10.2. The zero-order valence-electron chi connectivity index (χ0n) is 12.0. The van der Waals surface area contributed by atoms with Crippen LogP contribution in [0.4, 0.5) is 4.39 Å². The van der Waals surface area contributed by atoms with Crippen LogP contribution >= 0.6 is 0 Å². The molecular formula is C14H18FNO4S. The van der Waals surface area contributed by atoms with E-state index in [0.717, 1.165) is 0 Å². The van der Waals surface area contributed by atoms with Gasteiger partial charge in [-0.1, -0.05) is 0 Å². The molecule has 2 atom stereocenters. The fraction of sp³-hybridized carbons (Fsp3) is 0.500. The van der Waals surface area contributed by atoms with Gasteiger partial charge in [0.2, 0.25) is 0 Å². The molecule has 1 heterocycles. The number of likely N-dealkylation sites (N-methyl/N-ethyl adjacent to an activating group) is 1. The molecule has 0 aromatic heterocycles. The van der Waals surface area contributed by atoms with Crippen molar-refractivity contribution in [3.05, 3.63) is 30.1 Å². The minimum absolute atomic E-state index is 0.00148. The fourth-order valence-electron chi connectivity index (χ4n) is 2.32. The van der Waals surface area contributed by atoms with Crippen molar-refractivity contribution in [1.29, 1.82) is 0 Å². The quantitative estimate of drug-likeness (QED) is 0.838. The van der Waals surface area contributed by atoms with E-state index in [4.69, 9.17) is 4.74 Å². The lowest BCUT2D eigenvalue weighted by Gasteiger charge is -2.26. The maximum absolute atomic E-state index is 12.8. The van der Waals surface area contributed by atoms with Gasteiger partial charge in [-0.05, 0) is 37.6 Å². The highest BCUT2D eigenvalue weighted by atomic mass is 32.2. The summed E-state index contributed by atoms with van der Waals surface area (Å²) in [7, 11) is -1.46. The Morgan fingerprint density at radius 2 is 2.00 bits per heavy atom. The minimum atomic E-state index is -3.04. The largest absolute Gasteiger partial charge is 0.481 e. The van der Waals surface area contributed by atoms with E-state index in [0.29, 0.717) is 12.2 Å². The normalized spacial score (nSPS) is 21.8. The Hall–Kier alpha value is -1.63. The highest BCUT2D eigenvalue weighted by molar-refractivity contribution is 7.91. The molecule has 1 fully saturated rings. The van der Waals surface area contributed by atoms with Gasteiger partial charge in [0.25, 0.3) is 5.91 Å². The Morgan fingerprint density at radius 3 is 2.52 bits per heavy atom. The molecule has 0 unspecified atom stereocenters. The van der Waals surface area contributed by atoms with E-state index in [9.17, 15) is 17.6 Å². The van der Waals surface area contributed by atoms with Crippen LogP contribution in [0.2, 0.25) is 0 Å². The molecule has 0 N–H and O–H groups in total. The van der Waals surface area contributed by atoms with E-state index in [-0.39, 0.29) is 29.3 Å². The zero-order valence-corrected chi connectivity index (χ0v) is 12.8. The molecule has 21 heavy (non-hydrogen) atoms. The van der Waals surface area contributed by atoms with Gasteiger partial charge in [0, 0.05) is 13.1 Å². The van der Waals surface area contributed by atoms with Gasteiger partial charge < -0.3 is 9.64 Å². The third kappa shape index (κ3) is 3.93. The minimum Gasteiger partial charge on any atom is -0.481 e. The van der Waals surface area contributed by atoms with Crippen LogP contribution in [-0.4, -0.2) is 49.9 Å². The summed E-state index contributed by atoms with van der Waals surface area (Å²) >= 11 is 0. The van der Waals surface area contributed by atoms with Gasteiger partial charge in [0.05, 0.1) is 11.5 Å². The maximum atomic E-state index is 12.8. The number of sulfone groups is 1. The molecule has 1 saturated heterocycles. The Morgan fingerprint density at radius 1 is 1.38 bits per heavy atom. The van der Waals surface area contributed by atoms with Crippen LogP contribution in [-0.2, 0) is 14.6 Å². The number of halogens is 1. The first-order valence-corrected chi connectivity index (χ1v) is 8.50. The van der Waals surface area contributed by atoms with E-state index >= 15 is 0 Å². The molecule has 0 spiro atoms. The SMILES string of the molecule is C[C@H](Oc1ccc(F)cc1)C(=O)N(C)[C@@H]1CCS(=O)(=O)C1. The second-order valence-electron chi connectivity index (χ2n) is 5.22. The fourth-order valence-corrected chi connectivity index (χ4v) is 4.09. The number of rotatable bonds is 4. The lowest BCUT2D eigenvalue weighted by Crippen LogP contribution is -2.44. The van der Waals surface area contributed by atoms with Crippen LogP contribution in [0.1, 0.15) is 13.3 Å². The number of carbonyl (C=O) groups excluding carboxylic acids is 1. The zero-order chi connectivity index (χ0) is 15.6. The molecule has 1 aromatic rings. The molecule has 1 aromatic carbocycles. The van der Waals surface area contributed by atoms with Gasteiger partial charge in [0.1, 0.15) is 11.6 Å². The molecule has 1 amide bonds. The van der Waals surface area contributed by atoms with Crippen LogP contribution in [0.5, 0.6) is 5.75 Å². The van der Waals surface area contributed by atoms with Crippen molar-refractivity contribution in [3.63, 3.8) is 0 Å².